The molecule has 1 aromatic rings. The molecular weight excluding hydrogens is 224 g/mol. The summed E-state index contributed by atoms with van der Waals surface area (Å²) in [6.07, 6.45) is 3.50. The van der Waals surface area contributed by atoms with Gasteiger partial charge in [0, 0.05) is 19.6 Å². The predicted octanol–water partition coefficient (Wildman–Crippen LogP) is 2.10. The fourth-order valence-electron chi connectivity index (χ4n) is 2.23. The Morgan fingerprint density at radius 2 is 2.06 bits per heavy atom. The lowest BCUT2D eigenvalue weighted by Crippen LogP contribution is -2.27. The zero-order chi connectivity index (χ0) is 12.6. The first-order chi connectivity index (χ1) is 8.90. The number of ether oxygens (including phenoxy) is 1. The molecule has 0 atom stereocenters. The van der Waals surface area contributed by atoms with Crippen LogP contribution in [-0.2, 0) is 13.0 Å². The van der Waals surface area contributed by atoms with Crippen LogP contribution in [0.2, 0.25) is 0 Å². The summed E-state index contributed by atoms with van der Waals surface area (Å²) in [5, 5.41) is 6.85. The van der Waals surface area contributed by atoms with Gasteiger partial charge >= 0.3 is 0 Å². The van der Waals surface area contributed by atoms with Crippen molar-refractivity contribution in [3.05, 3.63) is 29.3 Å². The first kappa shape index (κ1) is 13.4. The van der Waals surface area contributed by atoms with E-state index >= 15 is 0 Å². The van der Waals surface area contributed by atoms with Crippen molar-refractivity contribution in [1.82, 2.24) is 10.6 Å². The van der Waals surface area contributed by atoms with Crippen molar-refractivity contribution < 1.29 is 4.74 Å². The molecule has 0 aromatic heterocycles. The monoisotopic (exact) mass is 248 g/mol. The molecule has 0 saturated heterocycles. The molecule has 0 spiro atoms. The summed E-state index contributed by atoms with van der Waals surface area (Å²) in [7, 11) is 0. The first-order valence-corrected chi connectivity index (χ1v) is 7.06. The Morgan fingerprint density at radius 3 is 2.94 bits per heavy atom. The lowest BCUT2D eigenvalue weighted by Gasteiger charge is -2.18. The number of rotatable bonds is 7. The van der Waals surface area contributed by atoms with Crippen LogP contribution in [-0.4, -0.2) is 26.2 Å². The highest BCUT2D eigenvalue weighted by Crippen LogP contribution is 2.25. The highest BCUT2D eigenvalue weighted by molar-refractivity contribution is 5.38. The van der Waals surface area contributed by atoms with E-state index in [-0.39, 0.29) is 0 Å². The summed E-state index contributed by atoms with van der Waals surface area (Å²) >= 11 is 0. The average Bonchev–Trinajstić information content (AvgIpc) is 2.42. The molecule has 2 rings (SSSR count). The number of hydrogen-bond acceptors (Lipinski definition) is 3. The molecule has 18 heavy (non-hydrogen) atoms. The molecule has 0 unspecified atom stereocenters. The molecule has 0 fully saturated rings. The Morgan fingerprint density at radius 1 is 1.17 bits per heavy atom. The first-order valence-electron chi connectivity index (χ1n) is 7.06. The number of nitrogens with one attached hydrogen (secondary N) is 2. The topological polar surface area (TPSA) is 33.3 Å². The lowest BCUT2D eigenvalue weighted by atomic mass is 10.0. The third kappa shape index (κ3) is 4.00. The number of benzene rings is 1. The van der Waals surface area contributed by atoms with Gasteiger partial charge in [-0.15, -0.1) is 0 Å². The quantitative estimate of drug-likeness (QED) is 0.725. The van der Waals surface area contributed by atoms with Gasteiger partial charge in [-0.3, -0.25) is 0 Å². The lowest BCUT2D eigenvalue weighted by molar-refractivity contribution is 0.288. The third-order valence-corrected chi connectivity index (χ3v) is 3.21. The minimum absolute atomic E-state index is 0.869. The summed E-state index contributed by atoms with van der Waals surface area (Å²) in [6.45, 7) is 7.18. The van der Waals surface area contributed by atoms with Crippen molar-refractivity contribution >= 4 is 0 Å². The molecule has 3 heteroatoms. The fourth-order valence-corrected chi connectivity index (χ4v) is 2.23. The maximum absolute atomic E-state index is 5.62. The van der Waals surface area contributed by atoms with E-state index in [1.165, 1.54) is 17.5 Å². The van der Waals surface area contributed by atoms with E-state index in [2.05, 4.69) is 35.8 Å². The molecule has 0 bridgehead atoms. The van der Waals surface area contributed by atoms with E-state index in [0.29, 0.717) is 0 Å². The summed E-state index contributed by atoms with van der Waals surface area (Å²) < 4.78 is 5.62. The van der Waals surface area contributed by atoms with E-state index in [9.17, 15) is 0 Å². The molecule has 0 radical (unpaired) electrons. The summed E-state index contributed by atoms with van der Waals surface area (Å²) in [5.74, 6) is 1.08. The predicted molar refractivity (Wildman–Crippen MR) is 75.1 cm³/mol. The molecule has 0 aliphatic carbocycles. The van der Waals surface area contributed by atoms with E-state index in [0.717, 1.165) is 51.4 Å². The van der Waals surface area contributed by atoms with Crippen LogP contribution in [0, 0.1) is 0 Å². The van der Waals surface area contributed by atoms with Crippen molar-refractivity contribution in [2.45, 2.75) is 32.7 Å². The molecule has 0 amide bonds. The largest absolute Gasteiger partial charge is 0.493 e. The van der Waals surface area contributed by atoms with Gasteiger partial charge in [-0.2, -0.15) is 0 Å². The Kier molecular flexibility index (Phi) is 5.49. The van der Waals surface area contributed by atoms with Gasteiger partial charge in [-0.25, -0.2) is 0 Å². The minimum Gasteiger partial charge on any atom is -0.493 e. The number of aryl methyl sites for hydroxylation is 1. The van der Waals surface area contributed by atoms with Crippen LogP contribution in [0.3, 0.4) is 0 Å². The second kappa shape index (κ2) is 7.39. The van der Waals surface area contributed by atoms with Gasteiger partial charge in [0.15, 0.2) is 0 Å². The maximum atomic E-state index is 5.62. The highest BCUT2D eigenvalue weighted by atomic mass is 16.5. The zero-order valence-corrected chi connectivity index (χ0v) is 11.3. The summed E-state index contributed by atoms with van der Waals surface area (Å²) in [4.78, 5) is 0. The summed E-state index contributed by atoms with van der Waals surface area (Å²) in [5.41, 5.74) is 2.72. The van der Waals surface area contributed by atoms with Crippen LogP contribution in [0.15, 0.2) is 18.2 Å². The number of hydrogen-bond donors (Lipinski definition) is 2. The molecule has 1 aliphatic rings. The van der Waals surface area contributed by atoms with Crippen molar-refractivity contribution in [3.8, 4) is 5.75 Å². The summed E-state index contributed by atoms with van der Waals surface area (Å²) in [6, 6.07) is 6.55. The normalized spacial score (nSPS) is 14.1. The molecule has 100 valence electrons. The van der Waals surface area contributed by atoms with E-state index in [1.807, 2.05) is 0 Å². The molecule has 1 aliphatic heterocycles. The second-order valence-electron chi connectivity index (χ2n) is 4.82. The van der Waals surface area contributed by atoms with Crippen LogP contribution in [0.1, 0.15) is 30.9 Å². The van der Waals surface area contributed by atoms with E-state index in [1.54, 1.807) is 0 Å². The Labute approximate surface area is 110 Å². The van der Waals surface area contributed by atoms with Gasteiger partial charge in [0.05, 0.1) is 6.61 Å². The average molecular weight is 248 g/mol. The molecule has 2 N–H and O–H groups in total. The second-order valence-corrected chi connectivity index (χ2v) is 4.82. The smallest absolute Gasteiger partial charge is 0.122 e. The van der Waals surface area contributed by atoms with Crippen molar-refractivity contribution in [2.24, 2.45) is 0 Å². The molecule has 1 heterocycles. The third-order valence-electron chi connectivity index (χ3n) is 3.21. The van der Waals surface area contributed by atoms with Gasteiger partial charge in [0.2, 0.25) is 0 Å². The van der Waals surface area contributed by atoms with Gasteiger partial charge in [0.1, 0.15) is 5.75 Å². The fraction of sp³-hybridized carbons (Fsp3) is 0.600. The van der Waals surface area contributed by atoms with Gasteiger partial charge < -0.3 is 15.4 Å². The van der Waals surface area contributed by atoms with Crippen LogP contribution < -0.4 is 15.4 Å². The molecule has 1 aromatic carbocycles. The van der Waals surface area contributed by atoms with Gasteiger partial charge in [-0.1, -0.05) is 19.1 Å². The Bertz CT molecular complexity index is 366. The number of fused-ring (bicyclic) bond motifs is 1. The van der Waals surface area contributed by atoms with E-state index in [4.69, 9.17) is 4.74 Å². The Hall–Kier alpha value is -1.06. The SMILES string of the molecule is CCCNCCNCc1ccc2c(c1)CCCO2. The molecule has 0 saturated carbocycles. The van der Waals surface area contributed by atoms with E-state index < -0.39 is 0 Å². The van der Waals surface area contributed by atoms with Crippen molar-refractivity contribution in [3.63, 3.8) is 0 Å². The maximum Gasteiger partial charge on any atom is 0.122 e. The standard InChI is InChI=1S/C15H24N2O/c1-2-7-16-8-9-17-12-13-5-6-15-14(11-13)4-3-10-18-15/h5-6,11,16-17H,2-4,7-10,12H2,1H3. The molecule has 3 nitrogen and oxygen atoms in total. The van der Waals surface area contributed by atoms with Crippen molar-refractivity contribution in [2.75, 3.05) is 26.2 Å². The van der Waals surface area contributed by atoms with Crippen LogP contribution in [0.4, 0.5) is 0 Å². The molecular formula is C15H24N2O. The Balaban J connectivity index is 1.72. The van der Waals surface area contributed by atoms with Crippen molar-refractivity contribution in [1.29, 1.82) is 0 Å². The zero-order valence-electron chi connectivity index (χ0n) is 11.3. The van der Waals surface area contributed by atoms with Gasteiger partial charge in [-0.05, 0) is 43.0 Å². The van der Waals surface area contributed by atoms with Crippen LogP contribution in [0.25, 0.3) is 0 Å². The highest BCUT2D eigenvalue weighted by Gasteiger charge is 2.09. The van der Waals surface area contributed by atoms with Crippen LogP contribution >= 0.6 is 0 Å². The minimum atomic E-state index is 0.869. The van der Waals surface area contributed by atoms with Gasteiger partial charge in [0.25, 0.3) is 0 Å². The van der Waals surface area contributed by atoms with Crippen LogP contribution in [0.5, 0.6) is 5.75 Å².